The summed E-state index contributed by atoms with van der Waals surface area (Å²) in [5.41, 5.74) is 0.569. The average molecular weight is 240 g/mol. The average Bonchev–Trinajstić information content (AvgIpc) is 2.84. The number of hydrogen-bond acceptors (Lipinski definition) is 3. The summed E-state index contributed by atoms with van der Waals surface area (Å²) in [6.07, 6.45) is 7.05. The predicted octanol–water partition coefficient (Wildman–Crippen LogP) is 3.29. The van der Waals surface area contributed by atoms with Crippen LogP contribution in [0.3, 0.4) is 0 Å². The van der Waals surface area contributed by atoms with E-state index >= 15 is 0 Å². The molecule has 1 N–H and O–H groups in total. The van der Waals surface area contributed by atoms with E-state index in [9.17, 15) is 0 Å². The Morgan fingerprint density at radius 1 is 1.38 bits per heavy atom. The van der Waals surface area contributed by atoms with Gasteiger partial charge in [-0.25, -0.2) is 0 Å². The molecule has 2 rings (SSSR count). The number of rotatable bonds is 4. The fraction of sp³-hybridized carbons (Fsp3) is 0.923. The number of amidine groups is 1. The molecule has 2 aliphatic rings. The van der Waals surface area contributed by atoms with Crippen molar-refractivity contribution in [3.63, 3.8) is 0 Å². The molecule has 0 aromatic heterocycles. The lowest BCUT2D eigenvalue weighted by atomic mass is 9.78. The predicted molar refractivity (Wildman–Crippen MR) is 73.1 cm³/mol. The quantitative estimate of drug-likeness (QED) is 0.815. The van der Waals surface area contributed by atoms with Gasteiger partial charge in [-0.1, -0.05) is 38.5 Å². The lowest BCUT2D eigenvalue weighted by molar-refractivity contribution is 0.236. The van der Waals surface area contributed by atoms with Gasteiger partial charge in [-0.2, -0.15) is 0 Å². The minimum absolute atomic E-state index is 0.569. The first-order valence-electron chi connectivity index (χ1n) is 6.61. The van der Waals surface area contributed by atoms with Gasteiger partial charge in [0.15, 0.2) is 5.17 Å². The van der Waals surface area contributed by atoms with Crippen molar-refractivity contribution >= 4 is 16.9 Å². The van der Waals surface area contributed by atoms with Crippen LogP contribution in [0.2, 0.25) is 0 Å². The minimum atomic E-state index is 0.569. The third-order valence-electron chi connectivity index (χ3n) is 3.71. The molecule has 1 aliphatic carbocycles. The van der Waals surface area contributed by atoms with E-state index in [0.717, 1.165) is 19.0 Å². The van der Waals surface area contributed by atoms with Crippen molar-refractivity contribution in [1.29, 1.82) is 0 Å². The van der Waals surface area contributed by atoms with Gasteiger partial charge in [0.1, 0.15) is 0 Å². The Balaban J connectivity index is 1.86. The normalized spacial score (nSPS) is 23.8. The molecule has 0 bridgehead atoms. The summed E-state index contributed by atoms with van der Waals surface area (Å²) in [4.78, 5) is 4.48. The highest BCUT2D eigenvalue weighted by Gasteiger charge is 2.34. The molecule has 2 nitrogen and oxygen atoms in total. The van der Waals surface area contributed by atoms with Crippen molar-refractivity contribution < 1.29 is 0 Å². The van der Waals surface area contributed by atoms with E-state index in [1.807, 2.05) is 11.8 Å². The van der Waals surface area contributed by atoms with E-state index in [1.165, 1.54) is 43.0 Å². The monoisotopic (exact) mass is 240 g/mol. The van der Waals surface area contributed by atoms with Gasteiger partial charge in [0, 0.05) is 12.3 Å². The highest BCUT2D eigenvalue weighted by Crippen LogP contribution is 2.42. The van der Waals surface area contributed by atoms with Gasteiger partial charge >= 0.3 is 0 Å². The van der Waals surface area contributed by atoms with E-state index in [0.29, 0.717) is 5.41 Å². The second-order valence-electron chi connectivity index (χ2n) is 5.69. The zero-order valence-corrected chi connectivity index (χ0v) is 11.4. The summed E-state index contributed by atoms with van der Waals surface area (Å²) in [5.74, 6) is 1.98. The van der Waals surface area contributed by atoms with Crippen LogP contribution >= 0.6 is 11.8 Å². The van der Waals surface area contributed by atoms with Crippen molar-refractivity contribution in [1.82, 2.24) is 5.32 Å². The molecule has 16 heavy (non-hydrogen) atoms. The van der Waals surface area contributed by atoms with Crippen LogP contribution in [0.5, 0.6) is 0 Å². The van der Waals surface area contributed by atoms with Gasteiger partial charge < -0.3 is 5.32 Å². The third-order valence-corrected chi connectivity index (χ3v) is 4.64. The van der Waals surface area contributed by atoms with Crippen LogP contribution in [0.15, 0.2) is 4.99 Å². The molecule has 0 amide bonds. The second kappa shape index (κ2) is 5.44. The van der Waals surface area contributed by atoms with Crippen LogP contribution in [0, 0.1) is 11.3 Å². The molecule has 1 heterocycles. The van der Waals surface area contributed by atoms with Crippen LogP contribution in [0.25, 0.3) is 0 Å². The van der Waals surface area contributed by atoms with Gasteiger partial charge in [-0.3, -0.25) is 4.99 Å². The lowest BCUT2D eigenvalue weighted by Crippen LogP contribution is -2.35. The van der Waals surface area contributed by atoms with Crippen molar-refractivity contribution in [2.45, 2.75) is 46.0 Å². The molecule has 3 heteroatoms. The maximum absolute atomic E-state index is 4.48. The summed E-state index contributed by atoms with van der Waals surface area (Å²) in [6.45, 7) is 6.85. The van der Waals surface area contributed by atoms with Gasteiger partial charge in [0.2, 0.25) is 0 Å². The minimum Gasteiger partial charge on any atom is -0.364 e. The molecule has 0 aromatic carbocycles. The largest absolute Gasteiger partial charge is 0.364 e. The molecular weight excluding hydrogens is 216 g/mol. The van der Waals surface area contributed by atoms with Crippen LogP contribution in [-0.4, -0.2) is 24.0 Å². The number of nitrogens with zero attached hydrogens (tertiary/aromatic N) is 1. The van der Waals surface area contributed by atoms with Crippen molar-refractivity contribution in [2.24, 2.45) is 16.3 Å². The lowest BCUT2D eigenvalue weighted by Gasteiger charge is -2.31. The first kappa shape index (κ1) is 12.3. The van der Waals surface area contributed by atoms with Crippen LogP contribution in [0.1, 0.15) is 46.0 Å². The smallest absolute Gasteiger partial charge is 0.156 e. The topological polar surface area (TPSA) is 24.4 Å². The Kier molecular flexibility index (Phi) is 4.17. The molecule has 92 valence electrons. The zero-order valence-electron chi connectivity index (χ0n) is 10.6. The van der Waals surface area contributed by atoms with Crippen LogP contribution < -0.4 is 5.32 Å². The van der Waals surface area contributed by atoms with Crippen molar-refractivity contribution in [2.75, 3.05) is 18.8 Å². The molecule has 0 radical (unpaired) electrons. The second-order valence-corrected chi connectivity index (χ2v) is 6.78. The fourth-order valence-electron chi connectivity index (χ4n) is 3.15. The summed E-state index contributed by atoms with van der Waals surface area (Å²) in [6, 6.07) is 0. The van der Waals surface area contributed by atoms with E-state index in [4.69, 9.17) is 0 Å². The SMILES string of the molecule is CC(C)CC1(CNC2=NCCS2)CCCC1. The van der Waals surface area contributed by atoms with Crippen molar-refractivity contribution in [3.05, 3.63) is 0 Å². The molecule has 0 unspecified atom stereocenters. The Labute approximate surface area is 104 Å². The Hall–Kier alpha value is -0.180. The summed E-state index contributed by atoms with van der Waals surface area (Å²) in [5, 5.41) is 4.77. The molecule has 0 aromatic rings. The van der Waals surface area contributed by atoms with Crippen molar-refractivity contribution in [3.8, 4) is 0 Å². The number of aliphatic imine (C=N–C) groups is 1. The first-order chi connectivity index (χ1) is 7.70. The maximum atomic E-state index is 4.48. The molecule has 1 fully saturated rings. The zero-order chi connectivity index (χ0) is 11.4. The van der Waals surface area contributed by atoms with Gasteiger partial charge in [-0.15, -0.1) is 0 Å². The number of hydrogen-bond donors (Lipinski definition) is 1. The first-order valence-corrected chi connectivity index (χ1v) is 7.60. The molecule has 0 saturated heterocycles. The summed E-state index contributed by atoms with van der Waals surface area (Å²) < 4.78 is 0. The molecular formula is C13H24N2S. The van der Waals surface area contributed by atoms with Gasteiger partial charge in [0.25, 0.3) is 0 Å². The Morgan fingerprint density at radius 3 is 2.69 bits per heavy atom. The van der Waals surface area contributed by atoms with E-state index < -0.39 is 0 Å². The molecule has 0 spiro atoms. The maximum Gasteiger partial charge on any atom is 0.156 e. The molecule has 0 atom stereocenters. The standard InChI is InChI=1S/C13H24N2S/c1-11(2)9-13(5-3-4-6-13)10-15-12-14-7-8-16-12/h11H,3-10H2,1-2H3,(H,14,15). The van der Waals surface area contributed by atoms with E-state index in [1.54, 1.807) is 0 Å². The molecule has 1 saturated carbocycles. The highest BCUT2D eigenvalue weighted by molar-refractivity contribution is 8.14. The van der Waals surface area contributed by atoms with Crippen LogP contribution in [-0.2, 0) is 0 Å². The summed E-state index contributed by atoms with van der Waals surface area (Å²) in [7, 11) is 0. The highest BCUT2D eigenvalue weighted by atomic mass is 32.2. The van der Waals surface area contributed by atoms with E-state index in [-0.39, 0.29) is 0 Å². The van der Waals surface area contributed by atoms with Crippen LogP contribution in [0.4, 0.5) is 0 Å². The van der Waals surface area contributed by atoms with Gasteiger partial charge in [0.05, 0.1) is 6.54 Å². The Bertz CT molecular complexity index is 255. The van der Waals surface area contributed by atoms with E-state index in [2.05, 4.69) is 24.2 Å². The number of thioether (sulfide) groups is 1. The molecule has 1 aliphatic heterocycles. The fourth-order valence-corrected chi connectivity index (χ4v) is 3.88. The van der Waals surface area contributed by atoms with Gasteiger partial charge in [-0.05, 0) is 30.6 Å². The Morgan fingerprint density at radius 2 is 2.12 bits per heavy atom. The third kappa shape index (κ3) is 3.16. The summed E-state index contributed by atoms with van der Waals surface area (Å²) >= 11 is 1.88. The number of nitrogens with one attached hydrogen (secondary N) is 1.